The maximum Gasteiger partial charge on any atom is 0.255 e. The molecule has 3 nitrogen and oxygen atoms in total. The number of nitrogens with one attached hydrogen (secondary N) is 1. The maximum absolute atomic E-state index is 12.9. The molecule has 1 N–H and O–H groups in total. The minimum Gasteiger partial charge on any atom is -0.491 e. The Hall–Kier alpha value is -2.36. The van der Waals surface area contributed by atoms with Crippen LogP contribution in [0.2, 0.25) is 0 Å². The first kappa shape index (κ1) is 15.0. The monoisotopic (exact) mass is 287 g/mol. The molecule has 0 unspecified atom stereocenters. The van der Waals surface area contributed by atoms with E-state index in [1.165, 1.54) is 24.3 Å². The second-order valence-electron chi connectivity index (χ2n) is 5.16. The van der Waals surface area contributed by atoms with Crippen LogP contribution in [0.15, 0.2) is 48.5 Å². The van der Waals surface area contributed by atoms with Gasteiger partial charge in [0.05, 0.1) is 12.3 Å². The van der Waals surface area contributed by atoms with Gasteiger partial charge in [0.2, 0.25) is 0 Å². The summed E-state index contributed by atoms with van der Waals surface area (Å²) in [5.41, 5.74) is 1.00. The molecule has 0 bridgehead atoms. The smallest absolute Gasteiger partial charge is 0.255 e. The first-order chi connectivity index (χ1) is 10.1. The largest absolute Gasteiger partial charge is 0.491 e. The van der Waals surface area contributed by atoms with Crippen molar-refractivity contribution in [3.8, 4) is 5.75 Å². The summed E-state index contributed by atoms with van der Waals surface area (Å²) < 4.78 is 18.5. The number of anilines is 1. The number of ether oxygens (including phenoxy) is 1. The average Bonchev–Trinajstić information content (AvgIpc) is 2.47. The molecule has 0 spiro atoms. The minimum atomic E-state index is -0.368. The number of hydrogen-bond donors (Lipinski definition) is 1. The molecule has 1 amide bonds. The van der Waals surface area contributed by atoms with Crippen molar-refractivity contribution in [3.05, 3.63) is 59.9 Å². The highest BCUT2D eigenvalue weighted by Gasteiger charge is 2.10. The van der Waals surface area contributed by atoms with Gasteiger partial charge >= 0.3 is 0 Å². The van der Waals surface area contributed by atoms with E-state index in [4.69, 9.17) is 4.74 Å². The Morgan fingerprint density at radius 2 is 1.81 bits per heavy atom. The van der Waals surface area contributed by atoms with Gasteiger partial charge in [0.15, 0.2) is 0 Å². The molecule has 0 atom stereocenters. The summed E-state index contributed by atoms with van der Waals surface area (Å²) in [5, 5.41) is 2.78. The van der Waals surface area contributed by atoms with Crippen molar-refractivity contribution in [3.63, 3.8) is 0 Å². The summed E-state index contributed by atoms with van der Waals surface area (Å²) in [5.74, 6) is 0.357. The van der Waals surface area contributed by atoms with E-state index in [1.807, 2.05) is 18.2 Å². The van der Waals surface area contributed by atoms with Crippen molar-refractivity contribution in [1.29, 1.82) is 0 Å². The molecule has 0 radical (unpaired) electrons. The Labute approximate surface area is 123 Å². The van der Waals surface area contributed by atoms with Crippen molar-refractivity contribution in [1.82, 2.24) is 0 Å². The number of carbonyl (C=O) groups is 1. The predicted octanol–water partition coefficient (Wildman–Crippen LogP) is 4.11. The highest BCUT2D eigenvalue weighted by Crippen LogP contribution is 2.24. The van der Waals surface area contributed by atoms with Crippen LogP contribution >= 0.6 is 0 Å². The van der Waals surface area contributed by atoms with Gasteiger partial charge in [0.25, 0.3) is 5.91 Å². The molecular weight excluding hydrogens is 269 g/mol. The highest BCUT2D eigenvalue weighted by molar-refractivity contribution is 6.04. The van der Waals surface area contributed by atoms with E-state index in [-0.39, 0.29) is 11.7 Å². The summed E-state index contributed by atoms with van der Waals surface area (Å²) in [4.78, 5) is 12.1. The number of para-hydroxylation sites is 2. The van der Waals surface area contributed by atoms with Gasteiger partial charge in [-0.15, -0.1) is 0 Å². The summed E-state index contributed by atoms with van der Waals surface area (Å²) in [6.07, 6.45) is 0. The number of amides is 1. The lowest BCUT2D eigenvalue weighted by molar-refractivity contribution is 0.102. The Kier molecular flexibility index (Phi) is 4.93. The Bertz CT molecular complexity index is 608. The van der Waals surface area contributed by atoms with Crippen molar-refractivity contribution >= 4 is 11.6 Å². The first-order valence-corrected chi connectivity index (χ1v) is 6.85. The van der Waals surface area contributed by atoms with E-state index in [0.29, 0.717) is 29.5 Å². The van der Waals surface area contributed by atoms with Gasteiger partial charge in [-0.05, 0) is 42.3 Å². The molecule has 21 heavy (non-hydrogen) atoms. The van der Waals surface area contributed by atoms with Crippen LogP contribution in [0.4, 0.5) is 10.1 Å². The zero-order chi connectivity index (χ0) is 15.2. The fraction of sp³-hybridized carbons (Fsp3) is 0.235. The average molecular weight is 287 g/mol. The third kappa shape index (κ3) is 4.31. The molecule has 2 aromatic carbocycles. The third-order valence-corrected chi connectivity index (χ3v) is 2.81. The van der Waals surface area contributed by atoms with Gasteiger partial charge in [0, 0.05) is 5.56 Å². The Balaban J connectivity index is 2.11. The van der Waals surface area contributed by atoms with Crippen LogP contribution in [-0.4, -0.2) is 12.5 Å². The van der Waals surface area contributed by atoms with Crippen LogP contribution in [0, 0.1) is 11.7 Å². The molecule has 0 fully saturated rings. The molecule has 0 aliphatic rings. The van der Waals surface area contributed by atoms with Crippen LogP contribution in [0.1, 0.15) is 24.2 Å². The van der Waals surface area contributed by atoms with Crippen LogP contribution in [0.5, 0.6) is 5.75 Å². The third-order valence-electron chi connectivity index (χ3n) is 2.81. The fourth-order valence-corrected chi connectivity index (χ4v) is 1.75. The number of halogens is 1. The molecule has 0 aliphatic carbocycles. The molecule has 4 heteroatoms. The van der Waals surface area contributed by atoms with E-state index in [1.54, 1.807) is 6.07 Å². The summed E-state index contributed by atoms with van der Waals surface area (Å²) in [6.45, 7) is 4.68. The second-order valence-corrected chi connectivity index (χ2v) is 5.16. The van der Waals surface area contributed by atoms with Gasteiger partial charge in [0.1, 0.15) is 11.6 Å². The van der Waals surface area contributed by atoms with Crippen LogP contribution in [-0.2, 0) is 0 Å². The molecule has 0 saturated heterocycles. The zero-order valence-corrected chi connectivity index (χ0v) is 12.1. The Morgan fingerprint density at radius 3 is 2.48 bits per heavy atom. The lowest BCUT2D eigenvalue weighted by Crippen LogP contribution is -2.13. The maximum atomic E-state index is 12.9. The van der Waals surface area contributed by atoms with E-state index >= 15 is 0 Å². The van der Waals surface area contributed by atoms with Gasteiger partial charge < -0.3 is 10.1 Å². The van der Waals surface area contributed by atoms with Gasteiger partial charge in [-0.3, -0.25) is 4.79 Å². The minimum absolute atomic E-state index is 0.296. The predicted molar refractivity (Wildman–Crippen MR) is 81.1 cm³/mol. The van der Waals surface area contributed by atoms with Crippen LogP contribution in [0.3, 0.4) is 0 Å². The van der Waals surface area contributed by atoms with Gasteiger partial charge in [-0.2, -0.15) is 0 Å². The number of benzene rings is 2. The summed E-state index contributed by atoms with van der Waals surface area (Å²) >= 11 is 0. The molecule has 2 rings (SSSR count). The van der Waals surface area contributed by atoms with Crippen molar-refractivity contribution in [2.24, 2.45) is 5.92 Å². The SMILES string of the molecule is CC(C)COc1ccccc1NC(=O)c1ccc(F)cc1. The van der Waals surface area contributed by atoms with Crippen LogP contribution < -0.4 is 10.1 Å². The molecule has 0 saturated carbocycles. The highest BCUT2D eigenvalue weighted by atomic mass is 19.1. The van der Waals surface area contributed by atoms with Gasteiger partial charge in [-0.25, -0.2) is 4.39 Å². The molecule has 110 valence electrons. The topological polar surface area (TPSA) is 38.3 Å². The standard InChI is InChI=1S/C17H18FNO2/c1-12(2)11-21-16-6-4-3-5-15(16)19-17(20)13-7-9-14(18)10-8-13/h3-10,12H,11H2,1-2H3,(H,19,20). The van der Waals surface area contributed by atoms with E-state index in [9.17, 15) is 9.18 Å². The fourth-order valence-electron chi connectivity index (χ4n) is 1.75. The van der Waals surface area contributed by atoms with Gasteiger partial charge in [-0.1, -0.05) is 26.0 Å². The van der Waals surface area contributed by atoms with Crippen molar-refractivity contribution in [2.45, 2.75) is 13.8 Å². The van der Waals surface area contributed by atoms with E-state index in [2.05, 4.69) is 19.2 Å². The lowest BCUT2D eigenvalue weighted by Gasteiger charge is -2.13. The number of rotatable bonds is 5. The summed E-state index contributed by atoms with van der Waals surface area (Å²) in [7, 11) is 0. The molecule has 0 heterocycles. The molecule has 0 aromatic heterocycles. The molecule has 2 aromatic rings. The van der Waals surface area contributed by atoms with E-state index < -0.39 is 0 Å². The molecule has 0 aliphatic heterocycles. The van der Waals surface area contributed by atoms with Crippen LogP contribution in [0.25, 0.3) is 0 Å². The quantitative estimate of drug-likeness (QED) is 0.898. The zero-order valence-electron chi connectivity index (χ0n) is 12.1. The van der Waals surface area contributed by atoms with Crippen molar-refractivity contribution < 1.29 is 13.9 Å². The normalized spacial score (nSPS) is 10.5. The second kappa shape index (κ2) is 6.88. The first-order valence-electron chi connectivity index (χ1n) is 6.85. The summed E-state index contributed by atoms with van der Waals surface area (Å²) in [6, 6.07) is 12.7. The Morgan fingerprint density at radius 1 is 1.14 bits per heavy atom. The van der Waals surface area contributed by atoms with E-state index in [0.717, 1.165) is 0 Å². The lowest BCUT2D eigenvalue weighted by atomic mass is 10.2. The van der Waals surface area contributed by atoms with Crippen molar-refractivity contribution in [2.75, 3.05) is 11.9 Å². The number of hydrogen-bond acceptors (Lipinski definition) is 2. The number of carbonyl (C=O) groups excluding carboxylic acids is 1. The molecular formula is C17H18FNO2.